The minimum absolute atomic E-state index is 0.00138. The quantitative estimate of drug-likeness (QED) is 0.557. The molecule has 0 bridgehead atoms. The number of urea groups is 1. The van der Waals surface area contributed by atoms with Crippen LogP contribution in [0.2, 0.25) is 0 Å². The van der Waals surface area contributed by atoms with Crippen LogP contribution in [0.5, 0.6) is 0 Å². The Morgan fingerprint density at radius 3 is 2.61 bits per heavy atom. The molecule has 36 heavy (non-hydrogen) atoms. The number of carbonyl (C=O) groups is 3. The van der Waals surface area contributed by atoms with Crippen molar-refractivity contribution < 1.29 is 18.8 Å². The highest BCUT2D eigenvalue weighted by atomic mass is 32.2. The minimum atomic E-state index is -0.630. The molecule has 2 heterocycles. The molecule has 2 saturated heterocycles. The molecule has 0 aliphatic carbocycles. The fraction of sp³-hybridized carbons (Fsp3) is 0.400. The van der Waals surface area contributed by atoms with Crippen molar-refractivity contribution in [3.8, 4) is 0 Å². The van der Waals surface area contributed by atoms with Crippen molar-refractivity contribution in [2.24, 2.45) is 0 Å². The third-order valence-corrected chi connectivity index (χ3v) is 7.20. The fourth-order valence-corrected chi connectivity index (χ4v) is 5.30. The maximum absolute atomic E-state index is 13.6. The summed E-state index contributed by atoms with van der Waals surface area (Å²) in [7, 11) is 3.71. The van der Waals surface area contributed by atoms with Gasteiger partial charge in [-0.3, -0.25) is 9.59 Å². The molecule has 8 nitrogen and oxygen atoms in total. The predicted octanol–water partition coefficient (Wildman–Crippen LogP) is 0.775. The van der Waals surface area contributed by atoms with Crippen molar-refractivity contribution in [3.63, 3.8) is 0 Å². The number of carbonyl (C=O) groups excluding carboxylic acids is 3. The van der Waals surface area contributed by atoms with E-state index in [0.717, 1.165) is 22.3 Å². The van der Waals surface area contributed by atoms with E-state index in [1.807, 2.05) is 38.4 Å². The first kappa shape index (κ1) is 26.0. The van der Waals surface area contributed by atoms with Gasteiger partial charge in [-0.1, -0.05) is 41.9 Å². The second kappa shape index (κ2) is 11.3. The van der Waals surface area contributed by atoms with E-state index in [-0.39, 0.29) is 43.3 Å². The number of amides is 4. The molecule has 2 atom stereocenters. The molecule has 0 saturated carbocycles. The van der Waals surface area contributed by atoms with Crippen molar-refractivity contribution in [2.75, 3.05) is 32.1 Å². The van der Waals surface area contributed by atoms with Gasteiger partial charge in [-0.25, -0.2) is 19.2 Å². The van der Waals surface area contributed by atoms with Crippen molar-refractivity contribution >= 4 is 42.9 Å². The Bertz CT molecular complexity index is 1120. The average molecular weight is 511 g/mol. The van der Waals surface area contributed by atoms with Crippen LogP contribution in [-0.2, 0) is 22.7 Å². The first-order valence-electron chi connectivity index (χ1n) is 12.0. The van der Waals surface area contributed by atoms with Crippen LogP contribution in [0, 0.1) is 5.82 Å². The number of nitrogens with one attached hydrogen (secondary N) is 1. The van der Waals surface area contributed by atoms with Crippen LogP contribution in [0.3, 0.4) is 0 Å². The molecule has 11 heteroatoms. The molecule has 4 amide bonds. The van der Waals surface area contributed by atoms with Crippen molar-refractivity contribution in [1.82, 2.24) is 25.1 Å². The highest BCUT2D eigenvalue weighted by Crippen LogP contribution is 2.28. The van der Waals surface area contributed by atoms with Crippen LogP contribution in [-0.4, -0.2) is 89.9 Å². The third kappa shape index (κ3) is 5.68. The van der Waals surface area contributed by atoms with Gasteiger partial charge in [-0.2, -0.15) is 11.8 Å². The molecule has 0 aromatic heterocycles. The number of fused-ring (bicyclic) bond motifs is 1. The molecule has 0 spiro atoms. The summed E-state index contributed by atoms with van der Waals surface area (Å²) in [6.07, 6.45) is 1.86. The summed E-state index contributed by atoms with van der Waals surface area (Å²) in [5.41, 5.74) is 2.87. The molecular weight excluding hydrogens is 480 g/mol. The molecule has 2 aromatic carbocycles. The normalized spacial score (nSPS) is 20.5. The Morgan fingerprint density at radius 2 is 1.92 bits per heavy atom. The first-order valence-corrected chi connectivity index (χ1v) is 13.3. The smallest absolute Gasteiger partial charge is 0.333 e. The van der Waals surface area contributed by atoms with Crippen LogP contribution in [0.4, 0.5) is 9.18 Å². The highest BCUT2D eigenvalue weighted by Gasteiger charge is 2.50. The predicted molar refractivity (Wildman–Crippen MR) is 141 cm³/mol. The highest BCUT2D eigenvalue weighted by molar-refractivity contribution is 7.98. The summed E-state index contributed by atoms with van der Waals surface area (Å²) in [6, 6.07) is 12.9. The molecule has 2 aromatic rings. The molecule has 1 N–H and O–H groups in total. The maximum atomic E-state index is 13.6. The van der Waals surface area contributed by atoms with Gasteiger partial charge in [0.25, 0.3) is 0 Å². The second-order valence-electron chi connectivity index (χ2n) is 9.23. The average Bonchev–Trinajstić information content (AvgIpc) is 2.84. The van der Waals surface area contributed by atoms with E-state index in [0.29, 0.717) is 13.0 Å². The van der Waals surface area contributed by atoms with E-state index in [1.54, 1.807) is 45.8 Å². The van der Waals surface area contributed by atoms with Crippen LogP contribution in [0.15, 0.2) is 48.5 Å². The summed E-state index contributed by atoms with van der Waals surface area (Å²) in [6.45, 7) is 0.833. The van der Waals surface area contributed by atoms with Gasteiger partial charge in [0.1, 0.15) is 25.9 Å². The van der Waals surface area contributed by atoms with Gasteiger partial charge in [0, 0.05) is 20.1 Å². The Balaban J connectivity index is 1.59. The van der Waals surface area contributed by atoms with Crippen molar-refractivity contribution in [3.05, 3.63) is 65.5 Å². The van der Waals surface area contributed by atoms with Crippen LogP contribution < -0.4 is 10.8 Å². The second-order valence-corrected chi connectivity index (χ2v) is 10.2. The topological polar surface area (TPSA) is 76.2 Å². The van der Waals surface area contributed by atoms with Gasteiger partial charge < -0.3 is 15.1 Å². The Hall–Kier alpha value is -3.05. The molecule has 190 valence electrons. The molecular formula is C25H31BFN5O3S. The Morgan fingerprint density at radius 1 is 1.17 bits per heavy atom. The number of nitrogens with zero attached hydrogens (tertiary/aromatic N) is 4. The number of hydrogen-bond acceptors (Lipinski definition) is 5. The lowest BCUT2D eigenvalue weighted by molar-refractivity contribution is -0.187. The SMILES string of the molecule is Bc1cccc(CN2C[C@H]3N(C(=O)CN(C)N3C(=O)NCc3ccc(F)cc3)[C@@H](CCSC)C2=O)c1. The minimum Gasteiger partial charge on any atom is -0.333 e. The molecule has 2 fully saturated rings. The number of halogens is 1. The zero-order valence-electron chi connectivity index (χ0n) is 20.8. The Labute approximate surface area is 216 Å². The number of rotatable bonds is 7. The zero-order valence-corrected chi connectivity index (χ0v) is 21.6. The summed E-state index contributed by atoms with van der Waals surface area (Å²) < 4.78 is 13.2. The summed E-state index contributed by atoms with van der Waals surface area (Å²) >= 11 is 1.62. The lowest BCUT2D eigenvalue weighted by atomic mass is 9.94. The largest absolute Gasteiger partial charge is 0.334 e. The van der Waals surface area contributed by atoms with Crippen LogP contribution in [0.25, 0.3) is 0 Å². The van der Waals surface area contributed by atoms with E-state index >= 15 is 0 Å². The van der Waals surface area contributed by atoms with E-state index in [9.17, 15) is 18.8 Å². The van der Waals surface area contributed by atoms with Crippen LogP contribution in [0.1, 0.15) is 17.5 Å². The van der Waals surface area contributed by atoms with Gasteiger partial charge in [0.15, 0.2) is 0 Å². The van der Waals surface area contributed by atoms with Crippen LogP contribution >= 0.6 is 11.8 Å². The van der Waals surface area contributed by atoms with Gasteiger partial charge in [-0.15, -0.1) is 0 Å². The van der Waals surface area contributed by atoms with E-state index in [1.165, 1.54) is 17.1 Å². The number of hydrazine groups is 1. The maximum Gasteiger partial charge on any atom is 0.334 e. The monoisotopic (exact) mass is 511 g/mol. The molecule has 0 radical (unpaired) electrons. The van der Waals surface area contributed by atoms with Crippen molar-refractivity contribution in [1.29, 1.82) is 0 Å². The molecule has 2 aliphatic heterocycles. The van der Waals surface area contributed by atoms with Gasteiger partial charge in [0.2, 0.25) is 11.8 Å². The number of thioether (sulfide) groups is 1. The number of likely N-dealkylation sites (N-methyl/N-ethyl adjacent to an activating group) is 1. The standard InChI is InChI=1S/C25H31BFN5O3S/c1-29-16-23(33)31-21(10-11-36-2)24(34)30(14-18-4-3-5-19(26)12-18)15-22(31)32(29)25(35)28-13-17-6-8-20(27)9-7-17/h3-9,12,21-22H,10-11,13-16,26H2,1-2H3,(H,28,35)/t21-,22-/m0/s1. The van der Waals surface area contributed by atoms with Gasteiger partial charge in [0.05, 0.1) is 13.1 Å². The molecule has 2 aliphatic rings. The van der Waals surface area contributed by atoms with E-state index < -0.39 is 12.2 Å². The molecule has 4 rings (SSSR count). The number of benzene rings is 2. The first-order chi connectivity index (χ1) is 17.3. The van der Waals surface area contributed by atoms with E-state index in [4.69, 9.17) is 0 Å². The summed E-state index contributed by atoms with van der Waals surface area (Å²) in [4.78, 5) is 43.5. The lowest BCUT2D eigenvalue weighted by Crippen LogP contribution is -2.75. The molecule has 0 unspecified atom stereocenters. The zero-order chi connectivity index (χ0) is 25.8. The fourth-order valence-electron chi connectivity index (χ4n) is 4.85. The summed E-state index contributed by atoms with van der Waals surface area (Å²) in [5, 5.41) is 6.03. The van der Waals surface area contributed by atoms with E-state index in [2.05, 4.69) is 5.32 Å². The third-order valence-electron chi connectivity index (χ3n) is 6.56. The van der Waals surface area contributed by atoms with Gasteiger partial charge in [-0.05, 0) is 41.7 Å². The summed E-state index contributed by atoms with van der Waals surface area (Å²) in [5.74, 6) is 0.121. The van der Waals surface area contributed by atoms with Crippen molar-refractivity contribution in [2.45, 2.75) is 31.7 Å². The number of hydrogen-bond donors (Lipinski definition) is 1. The van der Waals surface area contributed by atoms with Gasteiger partial charge >= 0.3 is 6.03 Å². The lowest BCUT2D eigenvalue weighted by Gasteiger charge is -2.54. The number of piperazine rings is 1. The Kier molecular flexibility index (Phi) is 8.20.